The Hall–Kier alpha value is -1.97. The average Bonchev–Trinajstić information content (AvgIpc) is 2.55. The SMILES string of the molecule is OC[C@H]1O[C@@H](Oc2cnc3c(O)cccc3c2)[C@H](O)[C@@H](O)[C@@H]1O. The van der Waals surface area contributed by atoms with E-state index in [-0.39, 0.29) is 11.5 Å². The summed E-state index contributed by atoms with van der Waals surface area (Å²) < 4.78 is 10.7. The highest BCUT2D eigenvalue weighted by molar-refractivity contribution is 5.84. The van der Waals surface area contributed by atoms with Crippen LogP contribution >= 0.6 is 0 Å². The highest BCUT2D eigenvalue weighted by Crippen LogP contribution is 2.28. The maximum atomic E-state index is 9.94. The van der Waals surface area contributed by atoms with Crippen molar-refractivity contribution < 1.29 is 35.0 Å². The zero-order chi connectivity index (χ0) is 16.6. The van der Waals surface area contributed by atoms with E-state index < -0.39 is 37.3 Å². The number of aromatic nitrogens is 1. The molecule has 0 unspecified atom stereocenters. The van der Waals surface area contributed by atoms with Crippen molar-refractivity contribution in [3.8, 4) is 11.5 Å². The van der Waals surface area contributed by atoms with E-state index in [0.29, 0.717) is 10.9 Å². The summed E-state index contributed by atoms with van der Waals surface area (Å²) in [5.41, 5.74) is 0.397. The number of fused-ring (bicyclic) bond motifs is 1. The molecular formula is C15H17NO7. The molecule has 8 heteroatoms. The molecule has 1 aliphatic rings. The summed E-state index contributed by atoms with van der Waals surface area (Å²) in [7, 11) is 0. The van der Waals surface area contributed by atoms with Gasteiger partial charge in [0.15, 0.2) is 0 Å². The number of aliphatic hydroxyl groups excluding tert-OH is 4. The number of pyridine rings is 1. The third kappa shape index (κ3) is 2.94. The topological polar surface area (TPSA) is 132 Å². The van der Waals surface area contributed by atoms with E-state index in [1.54, 1.807) is 18.2 Å². The van der Waals surface area contributed by atoms with Crippen molar-refractivity contribution in [1.82, 2.24) is 4.98 Å². The Morgan fingerprint density at radius 2 is 1.91 bits per heavy atom. The predicted molar refractivity (Wildman–Crippen MR) is 77.8 cm³/mol. The zero-order valence-electron chi connectivity index (χ0n) is 12.0. The van der Waals surface area contributed by atoms with Crippen LogP contribution in [0.15, 0.2) is 30.5 Å². The van der Waals surface area contributed by atoms with E-state index in [9.17, 15) is 20.4 Å². The Morgan fingerprint density at radius 3 is 2.65 bits per heavy atom. The van der Waals surface area contributed by atoms with E-state index >= 15 is 0 Å². The van der Waals surface area contributed by atoms with Gasteiger partial charge in [-0.3, -0.25) is 0 Å². The lowest BCUT2D eigenvalue weighted by Crippen LogP contribution is -2.60. The summed E-state index contributed by atoms with van der Waals surface area (Å²) in [6, 6.07) is 6.47. The van der Waals surface area contributed by atoms with Crippen LogP contribution in [0.2, 0.25) is 0 Å². The number of benzene rings is 1. The van der Waals surface area contributed by atoms with Crippen LogP contribution in [0.1, 0.15) is 0 Å². The second kappa shape index (κ2) is 6.26. The summed E-state index contributed by atoms with van der Waals surface area (Å²) in [5.74, 6) is 0.273. The number of ether oxygens (including phenoxy) is 2. The Balaban J connectivity index is 1.83. The molecule has 0 spiro atoms. The number of nitrogens with zero attached hydrogens (tertiary/aromatic N) is 1. The van der Waals surface area contributed by atoms with Crippen LogP contribution < -0.4 is 4.74 Å². The van der Waals surface area contributed by atoms with Crippen molar-refractivity contribution in [2.24, 2.45) is 0 Å². The van der Waals surface area contributed by atoms with E-state index in [1.165, 1.54) is 12.3 Å². The van der Waals surface area contributed by atoms with Gasteiger partial charge in [0.25, 0.3) is 0 Å². The van der Waals surface area contributed by atoms with Crippen LogP contribution in [0.25, 0.3) is 10.9 Å². The molecule has 0 amide bonds. The molecule has 1 aromatic carbocycles. The molecule has 5 atom stereocenters. The van der Waals surface area contributed by atoms with Crippen LogP contribution in [-0.4, -0.2) is 67.8 Å². The normalized spacial score (nSPS) is 31.2. The van der Waals surface area contributed by atoms with Crippen molar-refractivity contribution in [3.63, 3.8) is 0 Å². The van der Waals surface area contributed by atoms with Gasteiger partial charge in [0.1, 0.15) is 41.4 Å². The van der Waals surface area contributed by atoms with E-state index in [0.717, 1.165) is 0 Å². The number of aliphatic hydroxyl groups is 4. The van der Waals surface area contributed by atoms with E-state index in [4.69, 9.17) is 14.6 Å². The first-order valence-electron chi connectivity index (χ1n) is 7.06. The molecule has 5 N–H and O–H groups in total. The fourth-order valence-corrected chi connectivity index (χ4v) is 2.49. The van der Waals surface area contributed by atoms with Gasteiger partial charge in [0, 0.05) is 5.39 Å². The Morgan fingerprint density at radius 1 is 1.13 bits per heavy atom. The van der Waals surface area contributed by atoms with Gasteiger partial charge in [0.05, 0.1) is 12.8 Å². The molecule has 1 aromatic heterocycles. The van der Waals surface area contributed by atoms with Gasteiger partial charge in [0.2, 0.25) is 6.29 Å². The number of para-hydroxylation sites is 1. The number of hydrogen-bond donors (Lipinski definition) is 5. The molecule has 1 fully saturated rings. The summed E-state index contributed by atoms with van der Waals surface area (Å²) in [6.45, 7) is -0.533. The quantitative estimate of drug-likeness (QED) is 0.492. The van der Waals surface area contributed by atoms with Crippen molar-refractivity contribution in [3.05, 3.63) is 30.5 Å². The molecule has 1 aliphatic heterocycles. The van der Waals surface area contributed by atoms with E-state index in [1.807, 2.05) is 0 Å². The zero-order valence-corrected chi connectivity index (χ0v) is 12.0. The monoisotopic (exact) mass is 323 g/mol. The van der Waals surface area contributed by atoms with Gasteiger partial charge in [-0.15, -0.1) is 0 Å². The third-order valence-electron chi connectivity index (χ3n) is 3.77. The predicted octanol–water partition coefficient (Wildman–Crippen LogP) is -0.881. The fraction of sp³-hybridized carbons (Fsp3) is 0.400. The van der Waals surface area contributed by atoms with Gasteiger partial charge < -0.3 is 35.0 Å². The number of hydrogen-bond acceptors (Lipinski definition) is 8. The molecule has 23 heavy (non-hydrogen) atoms. The lowest BCUT2D eigenvalue weighted by molar-refractivity contribution is -0.277. The van der Waals surface area contributed by atoms with Crippen molar-refractivity contribution in [1.29, 1.82) is 0 Å². The van der Waals surface area contributed by atoms with Gasteiger partial charge in [-0.05, 0) is 12.1 Å². The lowest BCUT2D eigenvalue weighted by atomic mass is 9.99. The molecule has 0 aliphatic carbocycles. The molecule has 124 valence electrons. The van der Waals surface area contributed by atoms with E-state index in [2.05, 4.69) is 4.98 Å². The Labute approximate surface area is 131 Å². The maximum absolute atomic E-state index is 9.94. The minimum absolute atomic E-state index is 0.0295. The van der Waals surface area contributed by atoms with Crippen LogP contribution in [-0.2, 0) is 4.74 Å². The molecule has 0 bridgehead atoms. The number of phenolic OH excluding ortho intramolecular Hbond substituents is 1. The van der Waals surface area contributed by atoms with Crippen LogP contribution in [0, 0.1) is 0 Å². The molecule has 8 nitrogen and oxygen atoms in total. The first-order valence-corrected chi connectivity index (χ1v) is 7.06. The second-order valence-corrected chi connectivity index (χ2v) is 5.34. The summed E-state index contributed by atoms with van der Waals surface area (Å²) in [6.07, 6.45) is -5.43. The highest BCUT2D eigenvalue weighted by atomic mass is 16.7. The fourth-order valence-electron chi connectivity index (χ4n) is 2.49. The molecule has 2 heterocycles. The first kappa shape index (κ1) is 15.9. The third-order valence-corrected chi connectivity index (χ3v) is 3.77. The average molecular weight is 323 g/mol. The molecular weight excluding hydrogens is 306 g/mol. The maximum Gasteiger partial charge on any atom is 0.229 e. The minimum Gasteiger partial charge on any atom is -0.506 e. The smallest absolute Gasteiger partial charge is 0.229 e. The minimum atomic E-state index is -1.51. The largest absolute Gasteiger partial charge is 0.506 e. The summed E-state index contributed by atoms with van der Waals surface area (Å²) >= 11 is 0. The van der Waals surface area contributed by atoms with Crippen LogP contribution in [0.4, 0.5) is 0 Å². The molecule has 0 radical (unpaired) electrons. The molecule has 1 saturated heterocycles. The van der Waals surface area contributed by atoms with Gasteiger partial charge in [-0.1, -0.05) is 12.1 Å². The summed E-state index contributed by atoms with van der Waals surface area (Å²) in [4.78, 5) is 4.07. The van der Waals surface area contributed by atoms with Gasteiger partial charge in [-0.2, -0.15) is 0 Å². The lowest BCUT2D eigenvalue weighted by Gasteiger charge is -2.39. The Kier molecular flexibility index (Phi) is 4.33. The molecule has 2 aromatic rings. The van der Waals surface area contributed by atoms with Crippen LogP contribution in [0.5, 0.6) is 11.5 Å². The Bertz CT molecular complexity index is 693. The standard InChI is InChI=1S/C15H17NO7/c17-6-10-12(19)13(20)14(21)15(23-10)22-8-4-7-2-1-3-9(18)11(7)16-5-8/h1-5,10,12-15,17-21H,6H2/t10-,12-,13+,14-,15-/m1/s1. The van der Waals surface area contributed by atoms with Crippen LogP contribution in [0.3, 0.4) is 0 Å². The highest BCUT2D eigenvalue weighted by Gasteiger charge is 2.44. The number of phenols is 1. The first-order chi connectivity index (χ1) is 11.0. The van der Waals surface area contributed by atoms with Crippen molar-refractivity contribution in [2.75, 3.05) is 6.61 Å². The number of rotatable bonds is 3. The molecule has 3 rings (SSSR count). The summed E-state index contributed by atoms with van der Waals surface area (Å²) in [5, 5.41) is 48.9. The van der Waals surface area contributed by atoms with Crippen molar-refractivity contribution in [2.45, 2.75) is 30.7 Å². The van der Waals surface area contributed by atoms with Gasteiger partial charge in [-0.25, -0.2) is 4.98 Å². The van der Waals surface area contributed by atoms with Gasteiger partial charge >= 0.3 is 0 Å². The molecule has 0 saturated carbocycles. The second-order valence-electron chi connectivity index (χ2n) is 5.34. The number of aromatic hydroxyl groups is 1. The van der Waals surface area contributed by atoms with Crippen molar-refractivity contribution >= 4 is 10.9 Å².